The third kappa shape index (κ3) is 1.78. The summed E-state index contributed by atoms with van der Waals surface area (Å²) in [5.74, 6) is 2.72. The van der Waals surface area contributed by atoms with E-state index in [2.05, 4.69) is 0 Å². The molecule has 0 spiro atoms. The summed E-state index contributed by atoms with van der Waals surface area (Å²) in [6.07, 6.45) is 7.89. The lowest BCUT2D eigenvalue weighted by atomic mass is 9.52. The van der Waals surface area contributed by atoms with Crippen LogP contribution >= 0.6 is 0 Å². The lowest BCUT2D eigenvalue weighted by molar-refractivity contribution is -0.151. The highest BCUT2D eigenvalue weighted by Gasteiger charge is 2.54. The van der Waals surface area contributed by atoms with Crippen molar-refractivity contribution in [3.05, 3.63) is 0 Å². The first-order chi connectivity index (χ1) is 8.30. The summed E-state index contributed by atoms with van der Waals surface area (Å²) in [5.41, 5.74) is 5.41. The monoisotopic (exact) mass is 250 g/mol. The Hall–Kier alpha value is -0.570. The predicted octanol–water partition coefficient (Wildman–Crippen LogP) is 2.15. The summed E-state index contributed by atoms with van der Waals surface area (Å²) in [6.45, 7) is 3.65. The van der Waals surface area contributed by atoms with Gasteiger partial charge in [0.1, 0.15) is 0 Å². The first-order valence-corrected chi connectivity index (χ1v) is 7.37. The first-order valence-electron chi connectivity index (χ1n) is 7.37. The van der Waals surface area contributed by atoms with Crippen LogP contribution in [-0.4, -0.2) is 28.9 Å². The molecule has 0 aliphatic heterocycles. The number of carbonyl (C=O) groups excluding carboxylic acids is 1. The van der Waals surface area contributed by atoms with E-state index in [9.17, 15) is 4.79 Å². The zero-order valence-electron chi connectivity index (χ0n) is 11.9. The largest absolute Gasteiger partial charge is 0.338 e. The van der Waals surface area contributed by atoms with Crippen molar-refractivity contribution in [2.45, 2.75) is 63.5 Å². The molecule has 4 rings (SSSR count). The van der Waals surface area contributed by atoms with Gasteiger partial charge in [-0.1, -0.05) is 0 Å². The lowest BCUT2D eigenvalue weighted by Crippen LogP contribution is -2.64. The second-order valence-corrected chi connectivity index (χ2v) is 7.73. The Kier molecular flexibility index (Phi) is 2.58. The molecule has 3 nitrogen and oxygen atoms in total. The van der Waals surface area contributed by atoms with Crippen LogP contribution in [0.5, 0.6) is 0 Å². The van der Waals surface area contributed by atoms with E-state index in [1.807, 2.05) is 25.8 Å². The third-order valence-electron chi connectivity index (χ3n) is 5.57. The van der Waals surface area contributed by atoms with Crippen LogP contribution in [0.25, 0.3) is 0 Å². The predicted molar refractivity (Wildman–Crippen MR) is 71.9 cm³/mol. The molecule has 2 N–H and O–H groups in total. The molecule has 4 saturated carbocycles. The van der Waals surface area contributed by atoms with Crippen LogP contribution in [-0.2, 0) is 4.79 Å². The van der Waals surface area contributed by atoms with E-state index in [1.165, 1.54) is 38.5 Å². The summed E-state index contributed by atoms with van der Waals surface area (Å²) >= 11 is 0. The summed E-state index contributed by atoms with van der Waals surface area (Å²) < 4.78 is 0. The third-order valence-corrected chi connectivity index (χ3v) is 5.57. The van der Waals surface area contributed by atoms with Crippen molar-refractivity contribution in [2.24, 2.45) is 23.5 Å². The molecule has 4 fully saturated rings. The molecule has 0 aromatic heterocycles. The van der Waals surface area contributed by atoms with Gasteiger partial charge >= 0.3 is 0 Å². The van der Waals surface area contributed by atoms with Crippen molar-refractivity contribution in [3.63, 3.8) is 0 Å². The molecule has 0 aromatic rings. The van der Waals surface area contributed by atoms with Crippen LogP contribution in [0.3, 0.4) is 0 Å². The van der Waals surface area contributed by atoms with Crippen molar-refractivity contribution >= 4 is 5.91 Å². The number of likely N-dealkylation sites (N-methyl/N-ethyl adjacent to an activating group) is 1. The molecule has 4 aliphatic carbocycles. The van der Waals surface area contributed by atoms with E-state index in [1.54, 1.807) is 0 Å². The zero-order chi connectivity index (χ0) is 13.1. The maximum Gasteiger partial charge on any atom is 0.242 e. The summed E-state index contributed by atoms with van der Waals surface area (Å²) in [6, 6.07) is 0. The van der Waals surface area contributed by atoms with Gasteiger partial charge in [0.15, 0.2) is 0 Å². The molecule has 4 aliphatic rings. The van der Waals surface area contributed by atoms with Gasteiger partial charge in [-0.05, 0) is 70.1 Å². The molecular formula is C15H26N2O. The van der Waals surface area contributed by atoms with E-state index < -0.39 is 5.54 Å². The Bertz CT molecular complexity index is 334. The smallest absolute Gasteiger partial charge is 0.242 e. The van der Waals surface area contributed by atoms with E-state index in [0.29, 0.717) is 0 Å². The highest BCUT2D eigenvalue weighted by Crippen LogP contribution is 2.57. The van der Waals surface area contributed by atoms with Crippen LogP contribution in [0.15, 0.2) is 0 Å². The molecule has 102 valence electrons. The molecule has 3 heteroatoms. The Morgan fingerprint density at radius 3 is 1.83 bits per heavy atom. The first kappa shape index (κ1) is 12.5. The molecule has 0 unspecified atom stereocenters. The van der Waals surface area contributed by atoms with Gasteiger partial charge in [0.05, 0.1) is 5.54 Å². The quantitative estimate of drug-likeness (QED) is 0.816. The molecule has 1 amide bonds. The number of carbonyl (C=O) groups is 1. The van der Waals surface area contributed by atoms with Crippen LogP contribution in [0, 0.1) is 17.8 Å². The van der Waals surface area contributed by atoms with Gasteiger partial charge in [0.2, 0.25) is 5.91 Å². The van der Waals surface area contributed by atoms with Gasteiger partial charge in [0.25, 0.3) is 0 Å². The second kappa shape index (κ2) is 3.72. The van der Waals surface area contributed by atoms with Crippen molar-refractivity contribution in [1.29, 1.82) is 0 Å². The van der Waals surface area contributed by atoms with Crippen LogP contribution in [0.4, 0.5) is 0 Å². The van der Waals surface area contributed by atoms with Gasteiger partial charge in [-0.15, -0.1) is 0 Å². The van der Waals surface area contributed by atoms with Gasteiger partial charge in [-0.25, -0.2) is 0 Å². The second-order valence-electron chi connectivity index (χ2n) is 7.73. The summed E-state index contributed by atoms with van der Waals surface area (Å²) in [5, 5.41) is 0. The maximum absolute atomic E-state index is 12.5. The molecule has 0 radical (unpaired) electrons. The molecule has 0 aromatic carbocycles. The minimum absolute atomic E-state index is 0.115. The van der Waals surface area contributed by atoms with Gasteiger partial charge in [0, 0.05) is 12.6 Å². The minimum atomic E-state index is -0.738. The van der Waals surface area contributed by atoms with E-state index in [-0.39, 0.29) is 11.4 Å². The Balaban J connectivity index is 1.85. The Morgan fingerprint density at radius 2 is 1.50 bits per heavy atom. The fourth-order valence-corrected chi connectivity index (χ4v) is 5.12. The average Bonchev–Trinajstić information content (AvgIpc) is 2.23. The Labute approximate surface area is 110 Å². The van der Waals surface area contributed by atoms with Crippen molar-refractivity contribution < 1.29 is 4.79 Å². The number of amides is 1. The SMILES string of the molecule is CN(C(=O)C(C)(C)N)C12CC3CC(CC(C3)C1)C2. The lowest BCUT2D eigenvalue weighted by Gasteiger charge is -2.60. The number of nitrogens with two attached hydrogens (primary N) is 1. The molecule has 0 saturated heterocycles. The van der Waals surface area contributed by atoms with Crippen molar-refractivity contribution in [1.82, 2.24) is 4.90 Å². The minimum Gasteiger partial charge on any atom is -0.338 e. The number of nitrogens with zero attached hydrogens (tertiary/aromatic N) is 1. The highest BCUT2D eigenvalue weighted by atomic mass is 16.2. The van der Waals surface area contributed by atoms with E-state index in [4.69, 9.17) is 5.73 Å². The van der Waals surface area contributed by atoms with Crippen LogP contribution in [0.1, 0.15) is 52.4 Å². The summed E-state index contributed by atoms with van der Waals surface area (Å²) in [4.78, 5) is 14.5. The van der Waals surface area contributed by atoms with E-state index >= 15 is 0 Å². The van der Waals surface area contributed by atoms with E-state index in [0.717, 1.165) is 17.8 Å². The number of hydrogen-bond acceptors (Lipinski definition) is 2. The number of hydrogen-bond donors (Lipinski definition) is 1. The van der Waals surface area contributed by atoms with Crippen LogP contribution < -0.4 is 5.73 Å². The Morgan fingerprint density at radius 1 is 1.11 bits per heavy atom. The standard InChI is InChI=1S/C15H26N2O/c1-14(2,16)13(18)17(3)15-7-10-4-11(8-15)6-12(5-10)9-15/h10-12H,4-9,16H2,1-3H3. The fourth-order valence-electron chi connectivity index (χ4n) is 5.12. The molecule has 18 heavy (non-hydrogen) atoms. The highest BCUT2D eigenvalue weighted by molar-refractivity contribution is 5.85. The van der Waals surface area contributed by atoms with Gasteiger partial charge < -0.3 is 10.6 Å². The van der Waals surface area contributed by atoms with Gasteiger partial charge in [-0.2, -0.15) is 0 Å². The fraction of sp³-hybridized carbons (Fsp3) is 0.933. The molecule has 0 atom stereocenters. The maximum atomic E-state index is 12.5. The normalized spacial score (nSPS) is 42.1. The zero-order valence-corrected chi connectivity index (χ0v) is 11.9. The van der Waals surface area contributed by atoms with Crippen molar-refractivity contribution in [2.75, 3.05) is 7.05 Å². The van der Waals surface area contributed by atoms with Crippen molar-refractivity contribution in [3.8, 4) is 0 Å². The number of rotatable bonds is 2. The average molecular weight is 250 g/mol. The topological polar surface area (TPSA) is 46.3 Å². The van der Waals surface area contributed by atoms with Gasteiger partial charge in [-0.3, -0.25) is 4.79 Å². The summed E-state index contributed by atoms with van der Waals surface area (Å²) in [7, 11) is 1.99. The molecule has 0 heterocycles. The van der Waals surface area contributed by atoms with Crippen LogP contribution in [0.2, 0.25) is 0 Å². The molecular weight excluding hydrogens is 224 g/mol. The molecule has 4 bridgehead atoms.